The van der Waals surface area contributed by atoms with Crippen LogP contribution in [0.25, 0.3) is 11.1 Å². The number of nitrogens with zero attached hydrogens (tertiary/aromatic N) is 4. The number of carbonyl (C=O) groups is 1. The predicted octanol–water partition coefficient (Wildman–Crippen LogP) is 3.47. The number of likely N-dealkylation sites (tertiary alicyclic amines) is 1. The smallest absolute Gasteiger partial charge is 0.254 e. The van der Waals surface area contributed by atoms with Crippen LogP contribution < -0.4 is 0 Å². The van der Waals surface area contributed by atoms with E-state index in [4.69, 9.17) is 4.52 Å². The Balaban J connectivity index is 1.52. The van der Waals surface area contributed by atoms with Crippen molar-refractivity contribution in [3.05, 3.63) is 58.7 Å². The number of rotatable bonds is 3. The highest BCUT2D eigenvalue weighted by molar-refractivity contribution is 5.96. The number of aromatic nitrogens is 3. The number of hydrogen-bond donors (Lipinski definition) is 0. The Morgan fingerprint density at radius 3 is 2.54 bits per heavy atom. The summed E-state index contributed by atoms with van der Waals surface area (Å²) in [6, 6.07) is 10.0. The van der Waals surface area contributed by atoms with E-state index in [0.29, 0.717) is 18.7 Å². The van der Waals surface area contributed by atoms with Crippen LogP contribution in [0.15, 0.2) is 34.9 Å². The molecule has 1 aliphatic heterocycles. The molecule has 26 heavy (non-hydrogen) atoms. The normalized spacial score (nSPS) is 14.5. The third kappa shape index (κ3) is 2.71. The monoisotopic (exact) mass is 350 g/mol. The summed E-state index contributed by atoms with van der Waals surface area (Å²) >= 11 is 0. The molecular formula is C20H22N4O2. The molecule has 0 N–H and O–H groups in total. The van der Waals surface area contributed by atoms with Gasteiger partial charge in [0.1, 0.15) is 5.76 Å². The molecule has 134 valence electrons. The summed E-state index contributed by atoms with van der Waals surface area (Å²) in [5, 5.41) is 8.53. The van der Waals surface area contributed by atoms with E-state index < -0.39 is 0 Å². The fourth-order valence-corrected chi connectivity index (χ4v) is 3.68. The van der Waals surface area contributed by atoms with E-state index in [2.05, 4.69) is 23.2 Å². The first-order valence-electron chi connectivity index (χ1n) is 8.79. The number of hydrogen-bond acceptors (Lipinski definition) is 4. The van der Waals surface area contributed by atoms with Crippen molar-refractivity contribution in [3.63, 3.8) is 0 Å². The van der Waals surface area contributed by atoms with Gasteiger partial charge in [-0.1, -0.05) is 17.3 Å². The highest BCUT2D eigenvalue weighted by Gasteiger charge is 2.33. The van der Waals surface area contributed by atoms with Gasteiger partial charge in [0.05, 0.1) is 17.4 Å². The summed E-state index contributed by atoms with van der Waals surface area (Å²) in [6.45, 7) is 9.22. The summed E-state index contributed by atoms with van der Waals surface area (Å²) in [4.78, 5) is 14.7. The molecule has 6 heteroatoms. The van der Waals surface area contributed by atoms with E-state index in [1.165, 1.54) is 0 Å². The molecule has 0 spiro atoms. The van der Waals surface area contributed by atoms with Crippen molar-refractivity contribution in [2.75, 3.05) is 13.1 Å². The van der Waals surface area contributed by atoms with Gasteiger partial charge in [-0.3, -0.25) is 9.48 Å². The summed E-state index contributed by atoms with van der Waals surface area (Å²) in [5.74, 6) is 0.817. The summed E-state index contributed by atoms with van der Waals surface area (Å²) < 4.78 is 7.28. The minimum atomic E-state index is 0.0522. The summed E-state index contributed by atoms with van der Waals surface area (Å²) in [6.07, 6.45) is 0. The van der Waals surface area contributed by atoms with Crippen molar-refractivity contribution in [1.29, 1.82) is 0 Å². The van der Waals surface area contributed by atoms with Crippen molar-refractivity contribution >= 4 is 5.91 Å². The highest BCUT2D eigenvalue weighted by Crippen LogP contribution is 2.29. The fourth-order valence-electron chi connectivity index (χ4n) is 3.68. The maximum Gasteiger partial charge on any atom is 0.254 e. The maximum atomic E-state index is 12.8. The fraction of sp³-hybridized carbons (Fsp3) is 0.350. The van der Waals surface area contributed by atoms with Crippen LogP contribution in [0.2, 0.25) is 0 Å². The SMILES string of the molecule is Cc1cc(C)n(C2CN(C(=O)c3cccc(-c4c(C)noc4C)c3)C2)n1. The van der Waals surface area contributed by atoms with Crippen LogP contribution in [-0.4, -0.2) is 38.8 Å². The predicted molar refractivity (Wildman–Crippen MR) is 98.1 cm³/mol. The van der Waals surface area contributed by atoms with E-state index >= 15 is 0 Å². The molecule has 0 unspecified atom stereocenters. The summed E-state index contributed by atoms with van der Waals surface area (Å²) in [5.41, 5.74) is 5.60. The Bertz CT molecular complexity index is 960. The molecule has 0 saturated carbocycles. The van der Waals surface area contributed by atoms with Gasteiger partial charge < -0.3 is 9.42 Å². The van der Waals surface area contributed by atoms with E-state index in [0.717, 1.165) is 34.0 Å². The number of aryl methyl sites for hydroxylation is 4. The molecule has 3 aromatic rings. The van der Waals surface area contributed by atoms with Crippen molar-refractivity contribution in [1.82, 2.24) is 19.8 Å². The van der Waals surface area contributed by atoms with Crippen molar-refractivity contribution in [3.8, 4) is 11.1 Å². The van der Waals surface area contributed by atoms with Crippen molar-refractivity contribution < 1.29 is 9.32 Å². The van der Waals surface area contributed by atoms with Gasteiger partial charge in [-0.05, 0) is 51.5 Å². The second kappa shape index (κ2) is 6.12. The molecule has 1 saturated heterocycles. The molecule has 1 aliphatic rings. The van der Waals surface area contributed by atoms with Crippen LogP contribution in [0.3, 0.4) is 0 Å². The minimum absolute atomic E-state index is 0.0522. The zero-order chi connectivity index (χ0) is 18.4. The molecule has 2 aromatic heterocycles. The number of benzene rings is 1. The number of carbonyl (C=O) groups excluding carboxylic acids is 1. The molecule has 1 aromatic carbocycles. The zero-order valence-electron chi connectivity index (χ0n) is 15.5. The first-order valence-corrected chi connectivity index (χ1v) is 8.79. The Morgan fingerprint density at radius 1 is 1.15 bits per heavy atom. The van der Waals surface area contributed by atoms with Gasteiger partial charge in [0.15, 0.2) is 0 Å². The standard InChI is InChI=1S/C20H22N4O2/c1-12-8-13(2)24(21-12)18-10-23(11-18)20(25)17-7-5-6-16(9-17)19-14(3)22-26-15(19)4/h5-9,18H,10-11H2,1-4H3. The van der Waals surface area contributed by atoms with Gasteiger partial charge in [-0.15, -0.1) is 0 Å². The molecule has 1 fully saturated rings. The zero-order valence-corrected chi connectivity index (χ0v) is 15.5. The lowest BCUT2D eigenvalue weighted by molar-refractivity contribution is 0.0497. The summed E-state index contributed by atoms with van der Waals surface area (Å²) in [7, 11) is 0. The Kier molecular flexibility index (Phi) is 3.90. The average Bonchev–Trinajstić information content (AvgIpc) is 3.07. The largest absolute Gasteiger partial charge is 0.361 e. The van der Waals surface area contributed by atoms with E-state index in [9.17, 15) is 4.79 Å². The Labute approximate surface area is 152 Å². The molecule has 0 radical (unpaired) electrons. The molecule has 3 heterocycles. The third-order valence-electron chi connectivity index (χ3n) is 4.97. The van der Waals surface area contributed by atoms with Crippen LogP contribution >= 0.6 is 0 Å². The van der Waals surface area contributed by atoms with Crippen LogP contribution in [0.4, 0.5) is 0 Å². The minimum Gasteiger partial charge on any atom is -0.361 e. The number of amides is 1. The Morgan fingerprint density at radius 2 is 1.92 bits per heavy atom. The van der Waals surface area contributed by atoms with Gasteiger partial charge >= 0.3 is 0 Å². The first kappa shape index (κ1) is 16.6. The molecule has 0 bridgehead atoms. The van der Waals surface area contributed by atoms with Crippen LogP contribution in [0.5, 0.6) is 0 Å². The Hall–Kier alpha value is -2.89. The van der Waals surface area contributed by atoms with Crippen LogP contribution in [0, 0.1) is 27.7 Å². The van der Waals surface area contributed by atoms with Gasteiger partial charge in [-0.25, -0.2) is 0 Å². The highest BCUT2D eigenvalue weighted by atomic mass is 16.5. The topological polar surface area (TPSA) is 64.2 Å². The van der Waals surface area contributed by atoms with Crippen molar-refractivity contribution in [2.24, 2.45) is 0 Å². The third-order valence-corrected chi connectivity index (χ3v) is 4.97. The molecule has 6 nitrogen and oxygen atoms in total. The molecule has 1 amide bonds. The van der Waals surface area contributed by atoms with E-state index in [1.807, 2.05) is 54.6 Å². The second-order valence-electron chi connectivity index (χ2n) is 7.02. The van der Waals surface area contributed by atoms with Crippen LogP contribution in [0.1, 0.15) is 39.2 Å². The molecular weight excluding hydrogens is 328 g/mol. The lowest BCUT2D eigenvalue weighted by Gasteiger charge is -2.39. The van der Waals surface area contributed by atoms with Crippen molar-refractivity contribution in [2.45, 2.75) is 33.7 Å². The maximum absolute atomic E-state index is 12.8. The molecule has 0 atom stereocenters. The van der Waals surface area contributed by atoms with Gasteiger partial charge in [-0.2, -0.15) is 5.10 Å². The molecule has 0 aliphatic carbocycles. The van der Waals surface area contributed by atoms with Gasteiger partial charge in [0, 0.05) is 29.9 Å². The lowest BCUT2D eigenvalue weighted by Crippen LogP contribution is -2.51. The van der Waals surface area contributed by atoms with Gasteiger partial charge in [0.25, 0.3) is 5.91 Å². The second-order valence-corrected chi connectivity index (χ2v) is 7.02. The van der Waals surface area contributed by atoms with Gasteiger partial charge in [0.2, 0.25) is 0 Å². The molecule has 4 rings (SSSR count). The van der Waals surface area contributed by atoms with E-state index in [-0.39, 0.29) is 11.9 Å². The first-order chi connectivity index (χ1) is 12.4. The quantitative estimate of drug-likeness (QED) is 0.725. The van der Waals surface area contributed by atoms with Crippen LogP contribution in [-0.2, 0) is 0 Å². The van der Waals surface area contributed by atoms with E-state index in [1.54, 1.807) is 0 Å². The lowest BCUT2D eigenvalue weighted by atomic mass is 10.00. The average molecular weight is 350 g/mol.